The molecule has 27 heavy (non-hydrogen) atoms. The molecule has 1 aromatic heterocycles. The number of benzene rings is 2. The van der Waals surface area contributed by atoms with E-state index in [2.05, 4.69) is 5.32 Å². The summed E-state index contributed by atoms with van der Waals surface area (Å²) in [7, 11) is 0. The molecule has 0 radical (unpaired) electrons. The highest BCUT2D eigenvalue weighted by molar-refractivity contribution is 7.15. The van der Waals surface area contributed by atoms with Crippen LogP contribution in [0, 0.1) is 10.1 Å². The quantitative estimate of drug-likeness (QED) is 0.489. The van der Waals surface area contributed by atoms with E-state index >= 15 is 0 Å². The molecule has 0 spiro atoms. The standard InChI is InChI=1S/C18H12ClN3O4S/c19-14-7-6-11(22(25)26)8-12(14)17(24)21-18-15(16(20)23)13(9-27-18)10-4-2-1-3-5-10/h1-9H,(H2,20,23)(H,21,24). The van der Waals surface area contributed by atoms with Crippen molar-refractivity contribution in [1.29, 1.82) is 0 Å². The van der Waals surface area contributed by atoms with Gasteiger partial charge in [-0.15, -0.1) is 11.3 Å². The van der Waals surface area contributed by atoms with Crippen molar-refractivity contribution in [3.63, 3.8) is 0 Å². The summed E-state index contributed by atoms with van der Waals surface area (Å²) in [4.78, 5) is 34.8. The van der Waals surface area contributed by atoms with Gasteiger partial charge in [-0.2, -0.15) is 0 Å². The first-order valence-corrected chi connectivity index (χ1v) is 8.86. The lowest BCUT2D eigenvalue weighted by molar-refractivity contribution is -0.384. The number of nitrogens with two attached hydrogens (primary N) is 1. The first-order valence-electron chi connectivity index (χ1n) is 7.60. The van der Waals surface area contributed by atoms with Crippen molar-refractivity contribution < 1.29 is 14.5 Å². The Morgan fingerprint density at radius 2 is 1.85 bits per heavy atom. The second-order valence-corrected chi connectivity index (χ2v) is 6.75. The lowest BCUT2D eigenvalue weighted by atomic mass is 10.0. The highest BCUT2D eigenvalue weighted by Gasteiger charge is 2.22. The predicted molar refractivity (Wildman–Crippen MR) is 104 cm³/mol. The summed E-state index contributed by atoms with van der Waals surface area (Å²) in [6.07, 6.45) is 0. The summed E-state index contributed by atoms with van der Waals surface area (Å²) in [6, 6.07) is 12.7. The number of primary amides is 1. The van der Waals surface area contributed by atoms with Crippen molar-refractivity contribution >= 4 is 45.4 Å². The fourth-order valence-electron chi connectivity index (χ4n) is 2.50. The van der Waals surface area contributed by atoms with E-state index < -0.39 is 16.7 Å². The highest BCUT2D eigenvalue weighted by atomic mass is 35.5. The number of nitrogens with one attached hydrogen (secondary N) is 1. The lowest BCUT2D eigenvalue weighted by Crippen LogP contribution is -2.17. The van der Waals surface area contributed by atoms with E-state index in [4.69, 9.17) is 17.3 Å². The van der Waals surface area contributed by atoms with Crippen molar-refractivity contribution in [3.05, 3.63) is 80.2 Å². The molecule has 3 N–H and O–H groups in total. The molecule has 0 saturated heterocycles. The fourth-order valence-corrected chi connectivity index (χ4v) is 3.67. The van der Waals surface area contributed by atoms with Crippen LogP contribution in [0.3, 0.4) is 0 Å². The maximum absolute atomic E-state index is 12.6. The highest BCUT2D eigenvalue weighted by Crippen LogP contribution is 2.36. The van der Waals surface area contributed by atoms with Crippen LogP contribution in [0.5, 0.6) is 0 Å². The Bertz CT molecular complexity index is 1050. The van der Waals surface area contributed by atoms with Crippen molar-refractivity contribution in [2.75, 3.05) is 5.32 Å². The van der Waals surface area contributed by atoms with Gasteiger partial charge < -0.3 is 11.1 Å². The fraction of sp³-hybridized carbons (Fsp3) is 0. The molecule has 0 aliphatic carbocycles. The number of hydrogen-bond donors (Lipinski definition) is 2. The number of non-ortho nitro benzene ring substituents is 1. The van der Waals surface area contributed by atoms with Gasteiger partial charge in [-0.25, -0.2) is 0 Å². The lowest BCUT2D eigenvalue weighted by Gasteiger charge is -2.08. The Kier molecular flexibility index (Phi) is 5.20. The van der Waals surface area contributed by atoms with Gasteiger partial charge in [-0.3, -0.25) is 19.7 Å². The molecule has 0 saturated carbocycles. The van der Waals surface area contributed by atoms with Gasteiger partial charge in [-0.05, 0) is 11.6 Å². The third kappa shape index (κ3) is 3.81. The molecular formula is C18H12ClN3O4S. The Labute approximate surface area is 162 Å². The maximum atomic E-state index is 12.6. The van der Waals surface area contributed by atoms with E-state index in [-0.39, 0.29) is 26.8 Å². The molecule has 0 atom stereocenters. The molecular weight excluding hydrogens is 390 g/mol. The zero-order valence-corrected chi connectivity index (χ0v) is 15.2. The summed E-state index contributed by atoms with van der Waals surface area (Å²) in [5.74, 6) is -1.37. The van der Waals surface area contributed by atoms with E-state index in [0.29, 0.717) is 5.56 Å². The molecule has 2 amide bonds. The minimum absolute atomic E-state index is 0.0542. The molecule has 9 heteroatoms. The first kappa shape index (κ1) is 18.6. The summed E-state index contributed by atoms with van der Waals surface area (Å²) in [5, 5.41) is 15.5. The van der Waals surface area contributed by atoms with Crippen molar-refractivity contribution in [2.24, 2.45) is 5.73 Å². The van der Waals surface area contributed by atoms with Crippen LogP contribution >= 0.6 is 22.9 Å². The predicted octanol–water partition coefficient (Wildman–Crippen LogP) is 4.33. The number of nitro benzene ring substituents is 1. The second kappa shape index (κ2) is 7.56. The molecule has 136 valence electrons. The molecule has 0 bridgehead atoms. The van der Waals surface area contributed by atoms with Crippen LogP contribution in [0.1, 0.15) is 20.7 Å². The summed E-state index contributed by atoms with van der Waals surface area (Å²) >= 11 is 7.12. The summed E-state index contributed by atoms with van der Waals surface area (Å²) in [5.41, 5.74) is 6.70. The number of thiophene rings is 1. The van der Waals surface area contributed by atoms with Crippen LogP contribution in [-0.2, 0) is 0 Å². The van der Waals surface area contributed by atoms with Gasteiger partial charge in [0.25, 0.3) is 17.5 Å². The van der Waals surface area contributed by atoms with Gasteiger partial charge in [0.15, 0.2) is 0 Å². The summed E-state index contributed by atoms with van der Waals surface area (Å²) < 4.78 is 0. The molecule has 0 aliphatic rings. The van der Waals surface area contributed by atoms with Crippen LogP contribution in [0.15, 0.2) is 53.9 Å². The van der Waals surface area contributed by atoms with Crippen molar-refractivity contribution in [3.8, 4) is 11.1 Å². The number of hydrogen-bond acceptors (Lipinski definition) is 5. The Balaban J connectivity index is 1.98. The van der Waals surface area contributed by atoms with Gasteiger partial charge in [0, 0.05) is 23.1 Å². The van der Waals surface area contributed by atoms with E-state index in [0.717, 1.165) is 23.0 Å². The third-order valence-corrected chi connectivity index (χ3v) is 4.98. The molecule has 0 fully saturated rings. The van der Waals surface area contributed by atoms with E-state index in [9.17, 15) is 19.7 Å². The largest absolute Gasteiger partial charge is 0.365 e. The molecule has 1 heterocycles. The number of anilines is 1. The number of nitro groups is 1. The van der Waals surface area contributed by atoms with E-state index in [1.54, 1.807) is 5.38 Å². The van der Waals surface area contributed by atoms with Crippen LogP contribution < -0.4 is 11.1 Å². The van der Waals surface area contributed by atoms with Gasteiger partial charge in [0.2, 0.25) is 0 Å². The van der Waals surface area contributed by atoms with Crippen molar-refractivity contribution in [1.82, 2.24) is 0 Å². The smallest absolute Gasteiger partial charge is 0.270 e. The second-order valence-electron chi connectivity index (χ2n) is 5.46. The molecule has 2 aromatic carbocycles. The third-order valence-electron chi connectivity index (χ3n) is 3.75. The summed E-state index contributed by atoms with van der Waals surface area (Å²) in [6.45, 7) is 0. The Morgan fingerprint density at radius 3 is 2.48 bits per heavy atom. The Hall–Kier alpha value is -3.23. The van der Waals surface area contributed by atoms with Crippen LogP contribution in [0.2, 0.25) is 5.02 Å². The number of rotatable bonds is 5. The SMILES string of the molecule is NC(=O)c1c(-c2ccccc2)csc1NC(=O)c1cc([N+](=O)[O-])ccc1Cl. The van der Waals surface area contributed by atoms with Crippen LogP contribution in [0.25, 0.3) is 11.1 Å². The molecule has 3 aromatic rings. The minimum Gasteiger partial charge on any atom is -0.365 e. The first-order chi connectivity index (χ1) is 12.9. The number of carbonyl (C=O) groups is 2. The zero-order chi connectivity index (χ0) is 19.6. The molecule has 7 nitrogen and oxygen atoms in total. The molecule has 0 unspecified atom stereocenters. The molecule has 3 rings (SSSR count). The van der Waals surface area contributed by atoms with E-state index in [1.807, 2.05) is 30.3 Å². The number of amides is 2. The maximum Gasteiger partial charge on any atom is 0.270 e. The van der Waals surface area contributed by atoms with Gasteiger partial charge in [0.05, 0.1) is 21.1 Å². The molecule has 0 aliphatic heterocycles. The zero-order valence-electron chi connectivity index (χ0n) is 13.6. The van der Waals surface area contributed by atoms with Gasteiger partial charge in [0.1, 0.15) is 5.00 Å². The topological polar surface area (TPSA) is 115 Å². The Morgan fingerprint density at radius 1 is 1.15 bits per heavy atom. The number of nitrogens with zero attached hydrogens (tertiary/aromatic N) is 1. The van der Waals surface area contributed by atoms with E-state index in [1.165, 1.54) is 12.1 Å². The average molecular weight is 402 g/mol. The number of halogens is 1. The minimum atomic E-state index is -0.699. The average Bonchev–Trinajstić information content (AvgIpc) is 3.06. The van der Waals surface area contributed by atoms with Gasteiger partial charge in [-0.1, -0.05) is 41.9 Å². The van der Waals surface area contributed by atoms with Crippen LogP contribution in [-0.4, -0.2) is 16.7 Å². The monoisotopic (exact) mass is 401 g/mol. The normalized spacial score (nSPS) is 10.4. The number of carbonyl (C=O) groups excluding carboxylic acids is 2. The van der Waals surface area contributed by atoms with Gasteiger partial charge >= 0.3 is 0 Å². The van der Waals surface area contributed by atoms with Crippen LogP contribution in [0.4, 0.5) is 10.7 Å². The van der Waals surface area contributed by atoms with Crippen molar-refractivity contribution in [2.45, 2.75) is 0 Å².